The maximum atomic E-state index is 13.2. The Balaban J connectivity index is 2.04. The number of nitrogens with one attached hydrogen (secondary N) is 1. The van der Waals surface area contributed by atoms with E-state index >= 15 is 0 Å². The van der Waals surface area contributed by atoms with Crippen molar-refractivity contribution >= 4 is 33.5 Å². The molecule has 108 valence electrons. The molecule has 6 heteroatoms. The summed E-state index contributed by atoms with van der Waals surface area (Å²) in [5.41, 5.74) is 0.368. The largest absolute Gasteiger partial charge is 0.481 e. The lowest BCUT2D eigenvalue weighted by molar-refractivity contribution is -0.143. The van der Waals surface area contributed by atoms with Crippen LogP contribution in [0.5, 0.6) is 0 Å². The van der Waals surface area contributed by atoms with Crippen LogP contribution in [0.1, 0.15) is 25.7 Å². The zero-order valence-electron chi connectivity index (χ0n) is 10.7. The van der Waals surface area contributed by atoms with Crippen LogP contribution >= 0.6 is 15.9 Å². The van der Waals surface area contributed by atoms with Crippen LogP contribution in [0.3, 0.4) is 0 Å². The normalized spacial score (nSPS) is 22.3. The van der Waals surface area contributed by atoms with Crippen LogP contribution in [0.4, 0.5) is 10.1 Å². The molecule has 0 heterocycles. The second kappa shape index (κ2) is 6.35. The lowest BCUT2D eigenvalue weighted by atomic mass is 9.81. The van der Waals surface area contributed by atoms with Crippen molar-refractivity contribution in [3.63, 3.8) is 0 Å². The van der Waals surface area contributed by atoms with E-state index in [0.717, 1.165) is 6.42 Å². The summed E-state index contributed by atoms with van der Waals surface area (Å²) in [5, 5.41) is 11.7. The van der Waals surface area contributed by atoms with Crippen molar-refractivity contribution in [3.8, 4) is 0 Å². The smallest absolute Gasteiger partial charge is 0.306 e. The summed E-state index contributed by atoms with van der Waals surface area (Å²) in [7, 11) is 0. The van der Waals surface area contributed by atoms with Crippen molar-refractivity contribution < 1.29 is 19.1 Å². The van der Waals surface area contributed by atoms with Gasteiger partial charge in [0.1, 0.15) is 5.82 Å². The van der Waals surface area contributed by atoms with Gasteiger partial charge in [-0.05, 0) is 53.4 Å². The van der Waals surface area contributed by atoms with Crippen LogP contribution < -0.4 is 5.32 Å². The standard InChI is InChI=1S/C14H15BrFNO3/c15-11-5-4-10(16)7-12(11)17-13(18)8-2-1-3-9(6-8)14(19)20/h4-5,7-9H,1-3,6H2,(H,17,18)(H,19,20). The molecule has 2 N–H and O–H groups in total. The van der Waals surface area contributed by atoms with Crippen molar-refractivity contribution in [2.45, 2.75) is 25.7 Å². The quantitative estimate of drug-likeness (QED) is 0.883. The molecule has 20 heavy (non-hydrogen) atoms. The van der Waals surface area contributed by atoms with Gasteiger partial charge in [0.2, 0.25) is 5.91 Å². The van der Waals surface area contributed by atoms with Gasteiger partial charge >= 0.3 is 5.97 Å². The molecule has 1 aromatic rings. The van der Waals surface area contributed by atoms with E-state index in [-0.39, 0.29) is 11.8 Å². The van der Waals surface area contributed by atoms with Crippen molar-refractivity contribution in [1.29, 1.82) is 0 Å². The summed E-state index contributed by atoms with van der Waals surface area (Å²) in [5.74, 6) is -2.33. The third-order valence-electron chi connectivity index (χ3n) is 3.58. The molecule has 0 bridgehead atoms. The highest BCUT2D eigenvalue weighted by atomic mass is 79.9. The fourth-order valence-corrected chi connectivity index (χ4v) is 2.83. The second-order valence-electron chi connectivity index (χ2n) is 5.01. The van der Waals surface area contributed by atoms with E-state index in [1.54, 1.807) is 0 Å². The van der Waals surface area contributed by atoms with E-state index in [2.05, 4.69) is 21.2 Å². The van der Waals surface area contributed by atoms with E-state index in [1.807, 2.05) is 0 Å². The molecule has 2 unspecified atom stereocenters. The molecule has 0 saturated heterocycles. The highest BCUT2D eigenvalue weighted by Gasteiger charge is 2.31. The van der Waals surface area contributed by atoms with E-state index < -0.39 is 17.7 Å². The van der Waals surface area contributed by atoms with Crippen LogP contribution in [0, 0.1) is 17.7 Å². The number of rotatable bonds is 3. The zero-order valence-corrected chi connectivity index (χ0v) is 12.3. The minimum Gasteiger partial charge on any atom is -0.481 e. The number of carboxylic acid groups (broad SMARTS) is 1. The van der Waals surface area contributed by atoms with Gasteiger partial charge in [0.05, 0.1) is 11.6 Å². The highest BCUT2D eigenvalue weighted by Crippen LogP contribution is 2.31. The van der Waals surface area contributed by atoms with Crippen molar-refractivity contribution in [2.75, 3.05) is 5.32 Å². The van der Waals surface area contributed by atoms with Gasteiger partial charge in [0.15, 0.2) is 0 Å². The molecule has 1 amide bonds. The number of hydrogen-bond acceptors (Lipinski definition) is 2. The molecule has 1 aliphatic rings. The Hall–Kier alpha value is -1.43. The third-order valence-corrected chi connectivity index (χ3v) is 4.27. The van der Waals surface area contributed by atoms with Crippen LogP contribution in [-0.2, 0) is 9.59 Å². The molecule has 1 fully saturated rings. The van der Waals surface area contributed by atoms with Crippen molar-refractivity contribution in [1.82, 2.24) is 0 Å². The Morgan fingerprint density at radius 2 is 2.00 bits per heavy atom. The number of halogens is 2. The van der Waals surface area contributed by atoms with E-state index in [1.165, 1.54) is 18.2 Å². The number of amides is 1. The summed E-state index contributed by atoms with van der Waals surface area (Å²) in [6, 6.07) is 4.05. The summed E-state index contributed by atoms with van der Waals surface area (Å²) < 4.78 is 13.8. The minimum absolute atomic E-state index is 0.248. The lowest BCUT2D eigenvalue weighted by Crippen LogP contribution is -2.31. The van der Waals surface area contributed by atoms with Gasteiger partial charge in [-0.15, -0.1) is 0 Å². The predicted octanol–water partition coefficient (Wildman–Crippen LogP) is 3.42. The average molecular weight is 344 g/mol. The highest BCUT2D eigenvalue weighted by molar-refractivity contribution is 9.10. The Morgan fingerprint density at radius 3 is 2.70 bits per heavy atom. The first kappa shape index (κ1) is 15.0. The Bertz CT molecular complexity index is 535. The molecular weight excluding hydrogens is 329 g/mol. The van der Waals surface area contributed by atoms with Crippen LogP contribution in [0.2, 0.25) is 0 Å². The summed E-state index contributed by atoms with van der Waals surface area (Å²) in [6.45, 7) is 0. The second-order valence-corrected chi connectivity index (χ2v) is 5.87. The van der Waals surface area contributed by atoms with E-state index in [4.69, 9.17) is 5.11 Å². The number of anilines is 1. The number of hydrogen-bond donors (Lipinski definition) is 2. The first-order chi connectivity index (χ1) is 9.47. The molecule has 1 aliphatic carbocycles. The lowest BCUT2D eigenvalue weighted by Gasteiger charge is -2.25. The van der Waals surface area contributed by atoms with Crippen LogP contribution in [-0.4, -0.2) is 17.0 Å². The zero-order chi connectivity index (χ0) is 14.7. The maximum Gasteiger partial charge on any atom is 0.306 e. The maximum absolute atomic E-state index is 13.2. The molecule has 4 nitrogen and oxygen atoms in total. The first-order valence-electron chi connectivity index (χ1n) is 6.46. The van der Waals surface area contributed by atoms with E-state index in [0.29, 0.717) is 29.4 Å². The number of carbonyl (C=O) groups is 2. The molecule has 0 radical (unpaired) electrons. The van der Waals surface area contributed by atoms with Gasteiger partial charge in [-0.2, -0.15) is 0 Å². The number of carboxylic acids is 1. The summed E-state index contributed by atoms with van der Waals surface area (Å²) in [4.78, 5) is 23.1. The number of aliphatic carboxylic acids is 1. The molecule has 0 spiro atoms. The van der Waals surface area contributed by atoms with E-state index in [9.17, 15) is 14.0 Å². The van der Waals surface area contributed by atoms with Gasteiger partial charge in [-0.25, -0.2) is 4.39 Å². The monoisotopic (exact) mass is 343 g/mol. The Morgan fingerprint density at radius 1 is 1.30 bits per heavy atom. The fourth-order valence-electron chi connectivity index (χ4n) is 2.48. The molecular formula is C14H15BrFNO3. The first-order valence-corrected chi connectivity index (χ1v) is 7.25. The van der Waals surface area contributed by atoms with Gasteiger partial charge in [0.25, 0.3) is 0 Å². The van der Waals surface area contributed by atoms with Crippen LogP contribution in [0.25, 0.3) is 0 Å². The van der Waals surface area contributed by atoms with Crippen molar-refractivity contribution in [2.24, 2.45) is 11.8 Å². The molecule has 1 saturated carbocycles. The third kappa shape index (κ3) is 3.56. The average Bonchev–Trinajstić information content (AvgIpc) is 2.43. The molecule has 1 aromatic carbocycles. The topological polar surface area (TPSA) is 66.4 Å². The van der Waals surface area contributed by atoms with Gasteiger partial charge in [-0.1, -0.05) is 6.42 Å². The molecule has 2 atom stereocenters. The van der Waals surface area contributed by atoms with Crippen molar-refractivity contribution in [3.05, 3.63) is 28.5 Å². The minimum atomic E-state index is -0.852. The van der Waals surface area contributed by atoms with Gasteiger partial charge in [-0.3, -0.25) is 9.59 Å². The molecule has 2 rings (SSSR count). The Labute approximate surface area is 124 Å². The Kier molecular flexibility index (Phi) is 4.75. The van der Waals surface area contributed by atoms with Gasteiger partial charge in [0, 0.05) is 10.4 Å². The molecule has 0 aromatic heterocycles. The predicted molar refractivity (Wildman–Crippen MR) is 75.8 cm³/mol. The van der Waals surface area contributed by atoms with Gasteiger partial charge < -0.3 is 10.4 Å². The number of benzene rings is 1. The number of carbonyl (C=O) groups excluding carboxylic acids is 1. The summed E-state index contributed by atoms with van der Waals surface area (Å²) >= 11 is 3.24. The van der Waals surface area contributed by atoms with Crippen LogP contribution in [0.15, 0.2) is 22.7 Å². The fraction of sp³-hybridized carbons (Fsp3) is 0.429. The summed E-state index contributed by atoms with van der Waals surface area (Å²) in [6.07, 6.45) is 2.35. The molecule has 0 aliphatic heterocycles. The SMILES string of the molecule is O=C(O)C1CCCC(C(=O)Nc2cc(F)ccc2Br)C1.